The number of aromatic nitrogens is 1. The van der Waals surface area contributed by atoms with Gasteiger partial charge in [-0.2, -0.15) is 13.5 Å². The van der Waals surface area contributed by atoms with Gasteiger partial charge in [-0.1, -0.05) is 40.9 Å². The first-order valence-electron chi connectivity index (χ1n) is 10.1. The number of nitrogens with one attached hydrogen (secondary N) is 1. The van der Waals surface area contributed by atoms with Gasteiger partial charge in [-0.05, 0) is 61.0 Å². The van der Waals surface area contributed by atoms with Crippen LogP contribution in [0.1, 0.15) is 11.1 Å². The molecule has 11 heteroatoms. The van der Waals surface area contributed by atoms with E-state index in [-0.39, 0.29) is 16.4 Å². The number of benzene rings is 3. The Morgan fingerprint density at radius 3 is 2.51 bits per heavy atom. The van der Waals surface area contributed by atoms with Crippen LogP contribution in [0.15, 0.2) is 76.0 Å². The highest BCUT2D eigenvalue weighted by molar-refractivity contribution is 7.87. The van der Waals surface area contributed by atoms with Crippen molar-refractivity contribution in [1.29, 1.82) is 0 Å². The summed E-state index contributed by atoms with van der Waals surface area (Å²) in [4.78, 5) is 4.54. The Morgan fingerprint density at radius 1 is 1.03 bits per heavy atom. The van der Waals surface area contributed by atoms with Crippen molar-refractivity contribution in [3.8, 4) is 22.8 Å². The van der Waals surface area contributed by atoms with Crippen LogP contribution in [0.4, 0.5) is 5.13 Å². The quantitative estimate of drug-likeness (QED) is 0.151. The van der Waals surface area contributed by atoms with Crippen LogP contribution in [0.5, 0.6) is 11.5 Å². The molecule has 1 heterocycles. The molecule has 0 aliphatic carbocycles. The van der Waals surface area contributed by atoms with Gasteiger partial charge in [0.15, 0.2) is 11.5 Å². The van der Waals surface area contributed by atoms with Crippen LogP contribution in [0.3, 0.4) is 0 Å². The average Bonchev–Trinajstić information content (AvgIpc) is 3.28. The fourth-order valence-electron chi connectivity index (χ4n) is 3.01. The molecule has 180 valence electrons. The van der Waals surface area contributed by atoms with E-state index in [9.17, 15) is 8.42 Å². The molecule has 0 aliphatic heterocycles. The molecule has 0 amide bonds. The van der Waals surface area contributed by atoms with Crippen LogP contribution < -0.4 is 14.3 Å². The maximum absolute atomic E-state index is 12.6. The smallest absolute Gasteiger partial charge is 0.339 e. The lowest BCUT2D eigenvalue weighted by atomic mass is 10.2. The number of nitrogens with zero attached hydrogens (tertiary/aromatic N) is 2. The van der Waals surface area contributed by atoms with E-state index < -0.39 is 10.1 Å². The molecule has 3 aromatic carbocycles. The molecule has 0 atom stereocenters. The summed E-state index contributed by atoms with van der Waals surface area (Å²) in [5.41, 5.74) is 5.95. The van der Waals surface area contributed by atoms with Gasteiger partial charge in [0.1, 0.15) is 4.90 Å². The SMILES string of the molecule is COc1cc(C=NNc2nc(-c3ccc(Cl)cc3Cl)cs2)ccc1OS(=O)(=O)c1ccc(C)cc1. The Balaban J connectivity index is 1.45. The fraction of sp³-hybridized carbons (Fsp3) is 0.0833. The summed E-state index contributed by atoms with van der Waals surface area (Å²) in [5.74, 6) is 0.321. The highest BCUT2D eigenvalue weighted by atomic mass is 35.5. The van der Waals surface area contributed by atoms with Crippen molar-refractivity contribution in [3.63, 3.8) is 0 Å². The zero-order valence-electron chi connectivity index (χ0n) is 18.5. The van der Waals surface area contributed by atoms with Gasteiger partial charge in [0.25, 0.3) is 0 Å². The van der Waals surface area contributed by atoms with E-state index in [1.54, 1.807) is 42.6 Å². The predicted octanol–water partition coefficient (Wildman–Crippen LogP) is 6.65. The topological polar surface area (TPSA) is 89.9 Å². The molecule has 1 aromatic heterocycles. The number of hydrogen-bond donors (Lipinski definition) is 1. The largest absolute Gasteiger partial charge is 0.493 e. The number of aryl methyl sites for hydroxylation is 1. The number of ether oxygens (including phenoxy) is 1. The lowest BCUT2D eigenvalue weighted by Crippen LogP contribution is -2.10. The number of methoxy groups -OCH3 is 1. The van der Waals surface area contributed by atoms with E-state index in [4.69, 9.17) is 32.1 Å². The molecule has 0 bridgehead atoms. The van der Waals surface area contributed by atoms with Gasteiger partial charge in [-0.3, -0.25) is 5.43 Å². The third-order valence-corrected chi connectivity index (χ3v) is 7.33. The normalized spacial score (nSPS) is 11.5. The van der Waals surface area contributed by atoms with E-state index in [1.807, 2.05) is 18.4 Å². The minimum atomic E-state index is -4.00. The molecule has 0 spiro atoms. The molecule has 0 radical (unpaired) electrons. The molecular formula is C24H19Cl2N3O4S2. The Kier molecular flexibility index (Phi) is 7.61. The van der Waals surface area contributed by atoms with Crippen molar-refractivity contribution in [2.75, 3.05) is 12.5 Å². The summed E-state index contributed by atoms with van der Waals surface area (Å²) in [5, 5.41) is 7.68. The molecular weight excluding hydrogens is 529 g/mol. The van der Waals surface area contributed by atoms with Crippen LogP contribution in [0.2, 0.25) is 10.0 Å². The second-order valence-electron chi connectivity index (χ2n) is 7.29. The van der Waals surface area contributed by atoms with E-state index >= 15 is 0 Å². The van der Waals surface area contributed by atoms with Crippen molar-refractivity contribution < 1.29 is 17.3 Å². The first kappa shape index (κ1) is 25.0. The monoisotopic (exact) mass is 547 g/mol. The third-order valence-electron chi connectivity index (χ3n) is 4.78. The third kappa shape index (κ3) is 6.12. The molecule has 7 nitrogen and oxygen atoms in total. The van der Waals surface area contributed by atoms with Gasteiger partial charge < -0.3 is 8.92 Å². The van der Waals surface area contributed by atoms with Gasteiger partial charge in [0.2, 0.25) is 5.13 Å². The predicted molar refractivity (Wildman–Crippen MR) is 141 cm³/mol. The van der Waals surface area contributed by atoms with Gasteiger partial charge in [-0.25, -0.2) is 4.98 Å². The zero-order valence-corrected chi connectivity index (χ0v) is 21.7. The number of anilines is 1. The highest BCUT2D eigenvalue weighted by Gasteiger charge is 2.19. The summed E-state index contributed by atoms with van der Waals surface area (Å²) in [6, 6.07) is 16.4. The molecule has 4 aromatic rings. The Labute approximate surface area is 217 Å². The van der Waals surface area contributed by atoms with Crippen LogP contribution in [0, 0.1) is 6.92 Å². The van der Waals surface area contributed by atoms with Gasteiger partial charge >= 0.3 is 10.1 Å². The van der Waals surface area contributed by atoms with E-state index in [0.717, 1.165) is 11.1 Å². The lowest BCUT2D eigenvalue weighted by Gasteiger charge is -2.11. The van der Waals surface area contributed by atoms with Gasteiger partial charge in [-0.15, -0.1) is 11.3 Å². The molecule has 35 heavy (non-hydrogen) atoms. The average molecular weight is 548 g/mol. The minimum absolute atomic E-state index is 0.0581. The second kappa shape index (κ2) is 10.7. The molecule has 1 N–H and O–H groups in total. The van der Waals surface area contributed by atoms with Crippen LogP contribution in [-0.4, -0.2) is 26.7 Å². The van der Waals surface area contributed by atoms with Crippen molar-refractivity contribution in [3.05, 3.63) is 87.2 Å². The number of thiazole rings is 1. The molecule has 0 saturated carbocycles. The standard InChI is InChI=1S/C24H19Cl2N3O4S2/c1-15-3-7-18(8-4-15)35(30,31)33-22-10-5-16(11-23(22)32-2)13-27-29-24-28-21(14-34-24)19-9-6-17(25)12-20(19)26/h3-14H,1-2H3,(H,28,29). The highest BCUT2D eigenvalue weighted by Crippen LogP contribution is 2.33. The molecule has 0 fully saturated rings. The van der Waals surface area contributed by atoms with Crippen LogP contribution in [0.25, 0.3) is 11.3 Å². The number of halogens is 2. The summed E-state index contributed by atoms with van der Waals surface area (Å²) in [6.45, 7) is 1.87. The fourth-order valence-corrected chi connectivity index (χ4v) is 5.12. The Bertz CT molecular complexity index is 1490. The van der Waals surface area contributed by atoms with Crippen LogP contribution in [-0.2, 0) is 10.1 Å². The van der Waals surface area contributed by atoms with Crippen molar-refractivity contribution in [2.45, 2.75) is 11.8 Å². The van der Waals surface area contributed by atoms with Gasteiger partial charge in [0.05, 0.1) is 24.0 Å². The number of hydrogen-bond acceptors (Lipinski definition) is 8. The summed E-state index contributed by atoms with van der Waals surface area (Å²) in [6.07, 6.45) is 1.55. The maximum atomic E-state index is 12.6. The first-order valence-corrected chi connectivity index (χ1v) is 13.2. The van der Waals surface area contributed by atoms with Crippen LogP contribution >= 0.6 is 34.5 Å². The Hall–Kier alpha value is -3.11. The molecule has 0 saturated heterocycles. The van der Waals surface area contributed by atoms with E-state index in [1.165, 1.54) is 36.6 Å². The van der Waals surface area contributed by atoms with Gasteiger partial charge in [0, 0.05) is 16.0 Å². The number of hydrazone groups is 1. The lowest BCUT2D eigenvalue weighted by molar-refractivity contribution is 0.390. The maximum Gasteiger partial charge on any atom is 0.339 e. The summed E-state index contributed by atoms with van der Waals surface area (Å²) < 4.78 is 35.8. The van der Waals surface area contributed by atoms with Crippen molar-refractivity contribution in [1.82, 2.24) is 4.98 Å². The Morgan fingerprint density at radius 2 is 1.80 bits per heavy atom. The van der Waals surface area contributed by atoms with Crippen molar-refractivity contribution >= 4 is 56.0 Å². The zero-order chi connectivity index (χ0) is 25.0. The van der Waals surface area contributed by atoms with Crippen molar-refractivity contribution in [2.24, 2.45) is 5.10 Å². The molecule has 0 unspecified atom stereocenters. The van der Waals surface area contributed by atoms with E-state index in [0.29, 0.717) is 26.4 Å². The summed E-state index contributed by atoms with van der Waals surface area (Å²) in [7, 11) is -2.57. The minimum Gasteiger partial charge on any atom is -0.493 e. The number of rotatable bonds is 8. The molecule has 4 rings (SSSR count). The molecule has 0 aliphatic rings. The summed E-state index contributed by atoms with van der Waals surface area (Å²) >= 11 is 13.6. The first-order chi connectivity index (χ1) is 16.7. The second-order valence-corrected chi connectivity index (χ2v) is 10.5. The van der Waals surface area contributed by atoms with E-state index in [2.05, 4.69) is 15.5 Å².